The summed E-state index contributed by atoms with van der Waals surface area (Å²) in [6.45, 7) is 1.42. The van der Waals surface area contributed by atoms with Crippen LogP contribution in [0.1, 0.15) is 12.5 Å². The Kier molecular flexibility index (Phi) is 5.58. The number of nitrogens with one attached hydrogen (secondary N) is 1. The van der Waals surface area contributed by atoms with E-state index in [1.807, 2.05) is 0 Å². The lowest BCUT2D eigenvalue weighted by atomic mass is 10.2. The Hall–Kier alpha value is -2.55. The molecular formula is C14H15N3O5S. The minimum Gasteiger partial charge on any atom is -0.493 e. The summed E-state index contributed by atoms with van der Waals surface area (Å²) >= 11 is 1.25. The van der Waals surface area contributed by atoms with Gasteiger partial charge >= 0.3 is 5.97 Å². The molecule has 8 nitrogen and oxygen atoms in total. The van der Waals surface area contributed by atoms with Gasteiger partial charge in [0.25, 0.3) is 0 Å². The zero-order chi connectivity index (χ0) is 16.8. The van der Waals surface area contributed by atoms with E-state index in [-0.39, 0.29) is 11.7 Å². The summed E-state index contributed by atoms with van der Waals surface area (Å²) in [5, 5.41) is 19.7. The third-order valence-electron chi connectivity index (χ3n) is 2.80. The first kappa shape index (κ1) is 16.8. The molecule has 2 N–H and O–H groups in total. The van der Waals surface area contributed by atoms with Crippen LogP contribution >= 0.6 is 11.8 Å². The van der Waals surface area contributed by atoms with Crippen LogP contribution in [0.4, 0.5) is 0 Å². The number of rotatable bonds is 6. The molecule has 122 valence electrons. The van der Waals surface area contributed by atoms with Gasteiger partial charge in [-0.15, -0.1) is 5.10 Å². The number of benzene rings is 1. The molecule has 0 aromatic heterocycles. The average Bonchev–Trinajstić information content (AvgIpc) is 2.93. The number of methoxy groups -OCH3 is 1. The number of nitrogens with zero attached hydrogens (tertiary/aromatic N) is 2. The fraction of sp³-hybridized carbons (Fsp3) is 0.286. The summed E-state index contributed by atoms with van der Waals surface area (Å²) in [6, 6.07) is 5.06. The van der Waals surface area contributed by atoms with Gasteiger partial charge in [0.2, 0.25) is 5.91 Å². The lowest BCUT2D eigenvalue weighted by molar-refractivity contribution is -0.144. The predicted octanol–water partition coefficient (Wildman–Crippen LogP) is 1.10. The number of aliphatic carboxylic acids is 1. The van der Waals surface area contributed by atoms with Gasteiger partial charge in [0.15, 0.2) is 22.8 Å². The van der Waals surface area contributed by atoms with Crippen LogP contribution in [-0.4, -0.2) is 47.3 Å². The molecule has 0 bridgehead atoms. The van der Waals surface area contributed by atoms with Gasteiger partial charge in [-0.25, -0.2) is 4.79 Å². The van der Waals surface area contributed by atoms with Crippen molar-refractivity contribution < 1.29 is 24.2 Å². The molecule has 1 aromatic rings. The number of carbonyl (C=O) groups excluding carboxylic acids is 1. The Labute approximate surface area is 136 Å². The summed E-state index contributed by atoms with van der Waals surface area (Å²) in [6.07, 6.45) is 0.360. The predicted molar refractivity (Wildman–Crippen MR) is 86.3 cm³/mol. The van der Waals surface area contributed by atoms with Crippen molar-refractivity contribution in [3.05, 3.63) is 23.8 Å². The van der Waals surface area contributed by atoms with Gasteiger partial charge in [0, 0.05) is 5.56 Å². The molecule has 1 aromatic carbocycles. The van der Waals surface area contributed by atoms with Gasteiger partial charge in [-0.3, -0.25) is 4.79 Å². The number of amides is 1. The lowest BCUT2D eigenvalue weighted by Crippen LogP contribution is -2.23. The third-order valence-corrected chi connectivity index (χ3v) is 3.67. The van der Waals surface area contributed by atoms with Crippen LogP contribution in [0, 0.1) is 0 Å². The number of carboxylic acids is 1. The molecule has 0 saturated carbocycles. The SMILES string of the molecule is COc1cccc(C=NN=C2NC(=O)CS2)c1OC(C)C(=O)O. The van der Waals surface area contributed by atoms with E-state index in [1.54, 1.807) is 18.2 Å². The lowest BCUT2D eigenvalue weighted by Gasteiger charge is -2.15. The van der Waals surface area contributed by atoms with Crippen LogP contribution < -0.4 is 14.8 Å². The Morgan fingerprint density at radius 3 is 2.91 bits per heavy atom. The highest BCUT2D eigenvalue weighted by Crippen LogP contribution is 2.31. The highest BCUT2D eigenvalue weighted by Gasteiger charge is 2.18. The first-order valence-electron chi connectivity index (χ1n) is 6.61. The molecule has 9 heteroatoms. The second-order valence-electron chi connectivity index (χ2n) is 4.46. The van der Waals surface area contributed by atoms with Crippen molar-refractivity contribution >= 4 is 35.0 Å². The number of carbonyl (C=O) groups is 2. The summed E-state index contributed by atoms with van der Waals surface area (Å²) in [7, 11) is 1.46. The standard InChI is InChI=1S/C14H15N3O5S/c1-8(13(19)20)22-12-9(4-3-5-10(12)21-2)6-15-17-14-16-11(18)7-23-14/h3-6,8H,7H2,1-2H3,(H,19,20)(H,16,17,18). The fourth-order valence-electron chi connectivity index (χ4n) is 1.67. The molecule has 1 aliphatic rings. The molecular weight excluding hydrogens is 322 g/mol. The second-order valence-corrected chi connectivity index (χ2v) is 5.43. The largest absolute Gasteiger partial charge is 0.493 e. The van der Waals surface area contributed by atoms with Crippen LogP contribution in [0.15, 0.2) is 28.4 Å². The molecule has 1 unspecified atom stereocenters. The van der Waals surface area contributed by atoms with E-state index < -0.39 is 12.1 Å². The quantitative estimate of drug-likeness (QED) is 0.594. The molecule has 2 rings (SSSR count). The van der Waals surface area contributed by atoms with Gasteiger partial charge in [0.1, 0.15) is 0 Å². The smallest absolute Gasteiger partial charge is 0.344 e. The number of hydrogen-bond acceptors (Lipinski definition) is 7. The maximum Gasteiger partial charge on any atom is 0.344 e. The summed E-state index contributed by atoms with van der Waals surface area (Å²) < 4.78 is 10.6. The highest BCUT2D eigenvalue weighted by molar-refractivity contribution is 8.15. The zero-order valence-electron chi connectivity index (χ0n) is 12.5. The molecule has 1 heterocycles. The third kappa shape index (κ3) is 4.46. The number of thioether (sulfide) groups is 1. The van der Waals surface area contributed by atoms with E-state index in [4.69, 9.17) is 14.6 Å². The number of para-hydroxylation sites is 1. The van der Waals surface area contributed by atoms with Crippen molar-refractivity contribution in [2.24, 2.45) is 10.2 Å². The summed E-state index contributed by atoms with van der Waals surface area (Å²) in [5.41, 5.74) is 0.510. The first-order chi connectivity index (χ1) is 11.0. The van der Waals surface area contributed by atoms with Crippen molar-refractivity contribution in [3.63, 3.8) is 0 Å². The maximum atomic E-state index is 11.1. The van der Waals surface area contributed by atoms with Gasteiger partial charge in [0.05, 0.1) is 19.1 Å². The first-order valence-corrected chi connectivity index (χ1v) is 7.60. The monoisotopic (exact) mass is 337 g/mol. The molecule has 0 radical (unpaired) electrons. The Bertz CT molecular complexity index is 674. The van der Waals surface area contributed by atoms with Gasteiger partial charge in [-0.05, 0) is 19.1 Å². The second kappa shape index (κ2) is 7.63. The van der Waals surface area contributed by atoms with Gasteiger partial charge < -0.3 is 19.9 Å². The van der Waals surface area contributed by atoms with E-state index in [2.05, 4.69) is 15.5 Å². The van der Waals surface area contributed by atoms with Crippen molar-refractivity contribution in [1.82, 2.24) is 5.32 Å². The van der Waals surface area contributed by atoms with Crippen molar-refractivity contribution in [2.75, 3.05) is 12.9 Å². The molecule has 1 saturated heterocycles. The minimum absolute atomic E-state index is 0.121. The zero-order valence-corrected chi connectivity index (χ0v) is 13.3. The van der Waals surface area contributed by atoms with E-state index in [9.17, 15) is 9.59 Å². The number of hydrogen-bond donors (Lipinski definition) is 2. The van der Waals surface area contributed by atoms with Gasteiger partial charge in [-0.1, -0.05) is 17.8 Å². The minimum atomic E-state index is -1.09. The molecule has 0 spiro atoms. The average molecular weight is 337 g/mol. The molecule has 1 aliphatic heterocycles. The molecule has 23 heavy (non-hydrogen) atoms. The van der Waals surface area contributed by atoms with E-state index in [0.29, 0.717) is 22.2 Å². The van der Waals surface area contributed by atoms with E-state index >= 15 is 0 Å². The highest BCUT2D eigenvalue weighted by atomic mass is 32.2. The number of ether oxygens (including phenoxy) is 2. The van der Waals surface area contributed by atoms with Crippen molar-refractivity contribution in [2.45, 2.75) is 13.0 Å². The number of carboxylic acid groups (broad SMARTS) is 1. The van der Waals surface area contributed by atoms with Crippen LogP contribution in [0.5, 0.6) is 11.5 Å². The Balaban J connectivity index is 2.23. The number of amidine groups is 1. The van der Waals surface area contributed by atoms with Crippen LogP contribution in [-0.2, 0) is 9.59 Å². The van der Waals surface area contributed by atoms with Crippen LogP contribution in [0.25, 0.3) is 0 Å². The summed E-state index contributed by atoms with van der Waals surface area (Å²) in [4.78, 5) is 22.0. The molecule has 1 atom stereocenters. The maximum absolute atomic E-state index is 11.1. The van der Waals surface area contributed by atoms with E-state index in [0.717, 1.165) is 0 Å². The van der Waals surface area contributed by atoms with E-state index in [1.165, 1.54) is 32.0 Å². The molecule has 1 amide bonds. The van der Waals surface area contributed by atoms with Gasteiger partial charge in [-0.2, -0.15) is 5.10 Å². The topological polar surface area (TPSA) is 110 Å². The van der Waals surface area contributed by atoms with Crippen molar-refractivity contribution in [3.8, 4) is 11.5 Å². The Morgan fingerprint density at radius 2 is 2.30 bits per heavy atom. The Morgan fingerprint density at radius 1 is 1.52 bits per heavy atom. The molecule has 1 fully saturated rings. The molecule has 0 aliphatic carbocycles. The summed E-state index contributed by atoms with van der Waals surface area (Å²) in [5.74, 6) is -0.248. The fourth-order valence-corrected chi connectivity index (χ4v) is 2.30. The van der Waals surface area contributed by atoms with Crippen LogP contribution in [0.3, 0.4) is 0 Å². The van der Waals surface area contributed by atoms with Crippen LogP contribution in [0.2, 0.25) is 0 Å². The normalized spacial score (nSPS) is 17.3. The van der Waals surface area contributed by atoms with Crippen molar-refractivity contribution in [1.29, 1.82) is 0 Å².